The number of hydrogen-bond donors (Lipinski definition) is 0. The minimum Gasteiger partial charge on any atom is -0.485 e. The first-order valence-electron chi connectivity index (χ1n) is 5.18. The molecule has 0 aliphatic carbocycles. The summed E-state index contributed by atoms with van der Waals surface area (Å²) in [5, 5.41) is 0. The summed E-state index contributed by atoms with van der Waals surface area (Å²) in [5.41, 5.74) is 0.277. The molecule has 0 radical (unpaired) electrons. The minimum atomic E-state index is -0.843. The predicted octanol–water partition coefficient (Wildman–Crippen LogP) is 5.21. The summed E-state index contributed by atoms with van der Waals surface area (Å²) in [4.78, 5) is 0. The average Bonchev–Trinajstić information content (AvgIpc) is 2.30. The lowest BCUT2D eigenvalue weighted by molar-refractivity contribution is 0.281. The van der Waals surface area contributed by atoms with Crippen molar-refractivity contribution in [2.24, 2.45) is 0 Å². The van der Waals surface area contributed by atoms with Crippen LogP contribution in [0, 0.1) is 17.5 Å². The van der Waals surface area contributed by atoms with Crippen molar-refractivity contribution in [1.82, 2.24) is 0 Å². The van der Waals surface area contributed by atoms with Crippen molar-refractivity contribution in [3.8, 4) is 5.75 Å². The van der Waals surface area contributed by atoms with Crippen LogP contribution in [-0.2, 0) is 6.61 Å². The molecular weight excluding hydrogens is 389 g/mol. The number of ether oxygens (including phenoxy) is 1. The normalized spacial score (nSPS) is 10.6. The van der Waals surface area contributed by atoms with Gasteiger partial charge in [-0.05, 0) is 34.1 Å². The summed E-state index contributed by atoms with van der Waals surface area (Å²) in [6.45, 7) is -0.153. The number of hydrogen-bond acceptors (Lipinski definition) is 1. The zero-order valence-corrected chi connectivity index (χ0v) is 12.6. The van der Waals surface area contributed by atoms with Gasteiger partial charge >= 0.3 is 0 Å². The van der Waals surface area contributed by atoms with E-state index in [9.17, 15) is 13.2 Å². The van der Waals surface area contributed by atoms with Crippen molar-refractivity contribution >= 4 is 31.9 Å². The molecule has 0 aliphatic rings. The first-order chi connectivity index (χ1) is 8.97. The van der Waals surface area contributed by atoms with Crippen LogP contribution >= 0.6 is 31.9 Å². The summed E-state index contributed by atoms with van der Waals surface area (Å²) in [6.07, 6.45) is 0. The van der Waals surface area contributed by atoms with Crippen molar-refractivity contribution in [1.29, 1.82) is 0 Å². The van der Waals surface area contributed by atoms with Gasteiger partial charge in [0.1, 0.15) is 18.2 Å². The van der Waals surface area contributed by atoms with E-state index < -0.39 is 17.5 Å². The highest BCUT2D eigenvalue weighted by Crippen LogP contribution is 2.30. The Hall–Kier alpha value is -1.01. The Morgan fingerprint density at radius 3 is 2.32 bits per heavy atom. The lowest BCUT2D eigenvalue weighted by Crippen LogP contribution is -2.01. The smallest absolute Gasteiger partial charge is 0.169 e. The van der Waals surface area contributed by atoms with Crippen LogP contribution in [0.25, 0.3) is 0 Å². The molecule has 19 heavy (non-hydrogen) atoms. The van der Waals surface area contributed by atoms with Crippen LogP contribution in [0.2, 0.25) is 0 Å². The number of halogens is 5. The zero-order valence-electron chi connectivity index (χ0n) is 9.39. The maximum Gasteiger partial charge on any atom is 0.169 e. The van der Waals surface area contributed by atoms with E-state index in [4.69, 9.17) is 4.74 Å². The Labute approximate surface area is 124 Å². The average molecular weight is 396 g/mol. The fraction of sp³-hybridized carbons (Fsp3) is 0.0769. The van der Waals surface area contributed by atoms with Gasteiger partial charge in [0.15, 0.2) is 11.6 Å². The summed E-state index contributed by atoms with van der Waals surface area (Å²) >= 11 is 6.13. The van der Waals surface area contributed by atoms with Crippen LogP contribution < -0.4 is 4.74 Å². The Kier molecular flexibility index (Phi) is 4.52. The van der Waals surface area contributed by atoms with Gasteiger partial charge in [-0.3, -0.25) is 0 Å². The van der Waals surface area contributed by atoms with Gasteiger partial charge in [-0.15, -0.1) is 0 Å². The summed E-state index contributed by atoms with van der Waals surface area (Å²) in [6, 6.07) is 6.25. The van der Waals surface area contributed by atoms with Crippen molar-refractivity contribution in [3.05, 3.63) is 62.3 Å². The molecule has 0 N–H and O–H groups in total. The monoisotopic (exact) mass is 394 g/mol. The van der Waals surface area contributed by atoms with Crippen molar-refractivity contribution in [3.63, 3.8) is 0 Å². The fourth-order valence-corrected chi connectivity index (χ4v) is 2.31. The Balaban J connectivity index is 2.19. The standard InChI is InChI=1S/C13H7Br2F3O/c14-8-2-1-7(11(17)3-8)6-19-13-10(15)4-9(16)5-12(13)18/h1-5H,6H2. The molecule has 0 bridgehead atoms. The van der Waals surface area contributed by atoms with Crippen molar-refractivity contribution in [2.45, 2.75) is 6.61 Å². The topological polar surface area (TPSA) is 9.23 Å². The predicted molar refractivity (Wildman–Crippen MR) is 72.5 cm³/mol. The molecule has 1 nitrogen and oxygen atoms in total. The lowest BCUT2D eigenvalue weighted by atomic mass is 10.2. The maximum atomic E-state index is 13.5. The van der Waals surface area contributed by atoms with E-state index in [1.165, 1.54) is 12.1 Å². The van der Waals surface area contributed by atoms with Crippen LogP contribution in [0.1, 0.15) is 5.56 Å². The van der Waals surface area contributed by atoms with E-state index in [1.807, 2.05) is 0 Å². The number of benzene rings is 2. The summed E-state index contributed by atoms with van der Waals surface area (Å²) < 4.78 is 45.8. The highest BCUT2D eigenvalue weighted by molar-refractivity contribution is 9.10. The third kappa shape index (κ3) is 3.51. The van der Waals surface area contributed by atoms with E-state index in [-0.39, 0.29) is 22.4 Å². The molecule has 2 rings (SSSR count). The van der Waals surface area contributed by atoms with Crippen LogP contribution in [-0.4, -0.2) is 0 Å². The van der Waals surface area contributed by atoms with E-state index in [1.54, 1.807) is 6.07 Å². The Morgan fingerprint density at radius 1 is 0.947 bits per heavy atom. The first-order valence-corrected chi connectivity index (χ1v) is 6.77. The van der Waals surface area contributed by atoms with Gasteiger partial charge in [0, 0.05) is 16.1 Å². The van der Waals surface area contributed by atoms with Crippen LogP contribution in [0.4, 0.5) is 13.2 Å². The molecule has 0 spiro atoms. The molecule has 100 valence electrons. The summed E-state index contributed by atoms with van der Waals surface area (Å²) in [5.74, 6) is -2.17. The Bertz CT molecular complexity index is 594. The highest BCUT2D eigenvalue weighted by Gasteiger charge is 2.12. The zero-order chi connectivity index (χ0) is 14.0. The molecular formula is C13H7Br2F3O. The summed E-state index contributed by atoms with van der Waals surface area (Å²) in [7, 11) is 0. The van der Waals surface area contributed by atoms with Gasteiger partial charge in [-0.2, -0.15) is 0 Å². The van der Waals surface area contributed by atoms with Crippen molar-refractivity contribution in [2.75, 3.05) is 0 Å². The molecule has 0 aliphatic heterocycles. The molecule has 0 saturated heterocycles. The number of rotatable bonds is 3. The third-order valence-electron chi connectivity index (χ3n) is 2.35. The van der Waals surface area contributed by atoms with E-state index in [0.717, 1.165) is 6.07 Å². The quantitative estimate of drug-likeness (QED) is 0.693. The first kappa shape index (κ1) is 14.4. The van der Waals surface area contributed by atoms with Crippen LogP contribution in [0.5, 0.6) is 5.75 Å². The van der Waals surface area contributed by atoms with Gasteiger partial charge in [0.2, 0.25) is 0 Å². The largest absolute Gasteiger partial charge is 0.485 e. The van der Waals surface area contributed by atoms with Crippen LogP contribution in [0.15, 0.2) is 39.3 Å². The molecule has 0 unspecified atom stereocenters. The minimum absolute atomic E-state index is 0.141. The third-order valence-corrected chi connectivity index (χ3v) is 3.43. The van der Waals surface area contributed by atoms with E-state index in [0.29, 0.717) is 10.5 Å². The molecule has 2 aromatic rings. The highest BCUT2D eigenvalue weighted by atomic mass is 79.9. The van der Waals surface area contributed by atoms with Gasteiger partial charge in [0.25, 0.3) is 0 Å². The lowest BCUT2D eigenvalue weighted by Gasteiger charge is -2.10. The second-order valence-corrected chi connectivity index (χ2v) is 5.49. The molecule has 0 amide bonds. The van der Waals surface area contributed by atoms with Gasteiger partial charge in [-0.25, -0.2) is 13.2 Å². The second-order valence-electron chi connectivity index (χ2n) is 3.72. The van der Waals surface area contributed by atoms with Gasteiger partial charge < -0.3 is 4.74 Å². The SMILES string of the molecule is Fc1cc(F)c(OCc2ccc(Br)cc2F)c(Br)c1. The van der Waals surface area contributed by atoms with E-state index in [2.05, 4.69) is 31.9 Å². The molecule has 0 aromatic heterocycles. The Morgan fingerprint density at radius 2 is 1.68 bits per heavy atom. The fourth-order valence-electron chi connectivity index (χ4n) is 1.46. The molecule has 0 fully saturated rings. The molecule has 6 heteroatoms. The van der Waals surface area contributed by atoms with Crippen LogP contribution in [0.3, 0.4) is 0 Å². The second kappa shape index (κ2) is 5.96. The van der Waals surface area contributed by atoms with Crippen molar-refractivity contribution < 1.29 is 17.9 Å². The van der Waals surface area contributed by atoms with E-state index >= 15 is 0 Å². The molecule has 0 atom stereocenters. The van der Waals surface area contributed by atoms with Gasteiger partial charge in [0.05, 0.1) is 4.47 Å². The molecule has 2 aromatic carbocycles. The molecule has 0 saturated carbocycles. The van der Waals surface area contributed by atoms with Gasteiger partial charge in [-0.1, -0.05) is 22.0 Å². The maximum absolute atomic E-state index is 13.5. The molecule has 0 heterocycles.